The molecule has 1 aliphatic heterocycles. The summed E-state index contributed by atoms with van der Waals surface area (Å²) in [5.41, 5.74) is 2.54. The Kier molecular flexibility index (Phi) is 7.93. The first-order valence-corrected chi connectivity index (χ1v) is 13.5. The van der Waals surface area contributed by atoms with E-state index in [9.17, 15) is 14.0 Å². The first-order chi connectivity index (χ1) is 19.4. The van der Waals surface area contributed by atoms with E-state index in [0.29, 0.717) is 44.3 Å². The number of halogens is 1. The van der Waals surface area contributed by atoms with E-state index < -0.39 is 17.8 Å². The second kappa shape index (κ2) is 11.7. The number of allylic oxidation sites excluding steroid dienone is 1. The highest BCUT2D eigenvalue weighted by Gasteiger charge is 2.33. The van der Waals surface area contributed by atoms with Gasteiger partial charge in [-0.1, -0.05) is 65.9 Å². The zero-order valence-electron chi connectivity index (χ0n) is 22.2. The number of benzene rings is 3. The fourth-order valence-corrected chi connectivity index (χ4v) is 5.62. The fraction of sp³-hybridized carbons (Fsp3) is 0.194. The molecule has 0 aliphatic carbocycles. The molecule has 1 aliphatic rings. The third-order valence-electron chi connectivity index (χ3n) is 6.44. The predicted octanol–water partition coefficient (Wildman–Crippen LogP) is 4.53. The maximum Gasteiger partial charge on any atom is 0.338 e. The molecule has 0 unspecified atom stereocenters. The average molecular weight is 559 g/mol. The zero-order valence-corrected chi connectivity index (χ0v) is 23.0. The molecule has 0 amide bonds. The van der Waals surface area contributed by atoms with Crippen molar-refractivity contribution in [1.82, 2.24) is 4.57 Å². The van der Waals surface area contributed by atoms with Crippen LogP contribution in [0.1, 0.15) is 36.6 Å². The SMILES string of the molecule is CCOC(=O)C1=C(C)N=c2s/c(=C\c3cccc(OC)c3OCc3ccccc3)c(=O)n2[C@@H]1c1ccc(F)cc1. The number of rotatable bonds is 8. The molecule has 0 spiro atoms. The minimum atomic E-state index is -0.822. The molecule has 9 heteroatoms. The number of para-hydroxylation sites is 1. The molecule has 0 fully saturated rings. The summed E-state index contributed by atoms with van der Waals surface area (Å²) in [6, 6.07) is 20.1. The van der Waals surface area contributed by atoms with E-state index in [4.69, 9.17) is 14.2 Å². The fourth-order valence-electron chi connectivity index (χ4n) is 4.58. The van der Waals surface area contributed by atoms with Gasteiger partial charge in [-0.3, -0.25) is 9.36 Å². The molecule has 40 heavy (non-hydrogen) atoms. The Morgan fingerprint density at radius 3 is 2.52 bits per heavy atom. The van der Waals surface area contributed by atoms with Gasteiger partial charge in [0.25, 0.3) is 5.56 Å². The molecule has 1 atom stereocenters. The number of thiazole rings is 1. The van der Waals surface area contributed by atoms with Crippen LogP contribution in [-0.4, -0.2) is 24.3 Å². The number of methoxy groups -OCH3 is 1. The summed E-state index contributed by atoms with van der Waals surface area (Å²) in [6.45, 7) is 3.90. The molecule has 0 N–H and O–H groups in total. The molecular formula is C31H27FN2O5S. The number of ether oxygens (including phenoxy) is 3. The Hall–Kier alpha value is -4.50. The lowest BCUT2D eigenvalue weighted by molar-refractivity contribution is -0.139. The van der Waals surface area contributed by atoms with Gasteiger partial charge in [-0.15, -0.1) is 0 Å². The van der Waals surface area contributed by atoms with Crippen molar-refractivity contribution in [2.45, 2.75) is 26.5 Å². The molecule has 1 aromatic heterocycles. The van der Waals surface area contributed by atoms with Crippen LogP contribution in [0.3, 0.4) is 0 Å². The van der Waals surface area contributed by atoms with Crippen LogP contribution in [0.15, 0.2) is 93.9 Å². The highest BCUT2D eigenvalue weighted by Crippen LogP contribution is 2.33. The Balaban J connectivity index is 1.64. The molecule has 204 valence electrons. The number of nitrogens with zero attached hydrogens (tertiary/aromatic N) is 2. The van der Waals surface area contributed by atoms with Crippen LogP contribution in [0.2, 0.25) is 0 Å². The lowest BCUT2D eigenvalue weighted by Gasteiger charge is -2.24. The van der Waals surface area contributed by atoms with Crippen molar-refractivity contribution >= 4 is 23.4 Å². The summed E-state index contributed by atoms with van der Waals surface area (Å²) >= 11 is 1.20. The normalized spacial score (nSPS) is 14.9. The smallest absolute Gasteiger partial charge is 0.338 e. The van der Waals surface area contributed by atoms with Gasteiger partial charge in [0.05, 0.1) is 35.6 Å². The minimum absolute atomic E-state index is 0.164. The van der Waals surface area contributed by atoms with Crippen LogP contribution in [0.5, 0.6) is 11.5 Å². The molecule has 3 aromatic carbocycles. The maximum atomic E-state index is 13.9. The highest BCUT2D eigenvalue weighted by molar-refractivity contribution is 7.07. The summed E-state index contributed by atoms with van der Waals surface area (Å²) in [7, 11) is 1.56. The summed E-state index contributed by atoms with van der Waals surface area (Å²) in [5, 5.41) is 0. The van der Waals surface area contributed by atoms with Crippen molar-refractivity contribution in [2.75, 3.05) is 13.7 Å². The van der Waals surface area contributed by atoms with E-state index in [1.807, 2.05) is 42.5 Å². The van der Waals surface area contributed by atoms with Gasteiger partial charge in [0, 0.05) is 5.56 Å². The number of carbonyl (C=O) groups excluding carboxylic acids is 1. The molecule has 4 aromatic rings. The van der Waals surface area contributed by atoms with Gasteiger partial charge in [0.15, 0.2) is 16.3 Å². The quantitative estimate of drug-likeness (QED) is 0.297. The number of hydrogen-bond acceptors (Lipinski definition) is 7. The van der Waals surface area contributed by atoms with Gasteiger partial charge in [-0.2, -0.15) is 0 Å². The predicted molar refractivity (Wildman–Crippen MR) is 151 cm³/mol. The lowest BCUT2D eigenvalue weighted by Crippen LogP contribution is -2.39. The molecule has 2 heterocycles. The molecular weight excluding hydrogens is 531 g/mol. The van der Waals surface area contributed by atoms with E-state index in [-0.39, 0.29) is 17.7 Å². The van der Waals surface area contributed by atoms with Crippen LogP contribution < -0.4 is 24.4 Å². The molecule has 0 saturated carbocycles. The molecule has 5 rings (SSSR count). The maximum absolute atomic E-state index is 13.9. The Labute approximate surface area is 234 Å². The topological polar surface area (TPSA) is 79.1 Å². The van der Waals surface area contributed by atoms with Gasteiger partial charge in [0.1, 0.15) is 12.4 Å². The van der Waals surface area contributed by atoms with Crippen molar-refractivity contribution in [3.63, 3.8) is 0 Å². The first-order valence-electron chi connectivity index (χ1n) is 12.7. The van der Waals surface area contributed by atoms with E-state index in [2.05, 4.69) is 4.99 Å². The van der Waals surface area contributed by atoms with Crippen LogP contribution in [-0.2, 0) is 16.1 Å². The largest absolute Gasteiger partial charge is 0.493 e. The standard InChI is InChI=1S/C31H27FN2O5S/c1-4-38-30(36)26-19(2)33-31-34(27(26)21-13-15-23(32)16-14-21)29(35)25(40-31)17-22-11-8-12-24(37-3)28(22)39-18-20-9-6-5-7-10-20/h5-17,27H,4,18H2,1-3H3/b25-17-/t27-/m1/s1. The number of esters is 1. The van der Waals surface area contributed by atoms with E-state index in [0.717, 1.165) is 5.56 Å². The molecule has 0 saturated heterocycles. The van der Waals surface area contributed by atoms with E-state index in [1.54, 1.807) is 45.2 Å². The van der Waals surface area contributed by atoms with Gasteiger partial charge >= 0.3 is 5.97 Å². The van der Waals surface area contributed by atoms with Gasteiger partial charge in [-0.25, -0.2) is 14.2 Å². The highest BCUT2D eigenvalue weighted by atomic mass is 32.1. The van der Waals surface area contributed by atoms with Crippen LogP contribution in [0.25, 0.3) is 6.08 Å². The zero-order chi connectivity index (χ0) is 28.2. The van der Waals surface area contributed by atoms with Crippen molar-refractivity contribution in [3.8, 4) is 11.5 Å². The monoisotopic (exact) mass is 558 g/mol. The summed E-state index contributed by atoms with van der Waals surface area (Å²) in [6.07, 6.45) is 1.73. The molecule has 7 nitrogen and oxygen atoms in total. The minimum Gasteiger partial charge on any atom is -0.493 e. The Bertz CT molecular complexity index is 1760. The summed E-state index contributed by atoms with van der Waals surface area (Å²) in [4.78, 5) is 31.9. The van der Waals surface area contributed by atoms with Crippen molar-refractivity contribution < 1.29 is 23.4 Å². The summed E-state index contributed by atoms with van der Waals surface area (Å²) < 4.78 is 32.7. The summed E-state index contributed by atoms with van der Waals surface area (Å²) in [5.74, 6) is 0.0348. The van der Waals surface area contributed by atoms with Crippen molar-refractivity contribution in [1.29, 1.82) is 0 Å². The second-order valence-electron chi connectivity index (χ2n) is 9.01. The first kappa shape index (κ1) is 27.1. The van der Waals surface area contributed by atoms with Crippen LogP contribution >= 0.6 is 11.3 Å². The molecule has 0 radical (unpaired) electrons. The number of aromatic nitrogens is 1. The van der Waals surface area contributed by atoms with Gasteiger partial charge < -0.3 is 14.2 Å². The third-order valence-corrected chi connectivity index (χ3v) is 7.43. The van der Waals surface area contributed by atoms with Crippen LogP contribution in [0, 0.1) is 5.82 Å². The Morgan fingerprint density at radius 1 is 1.07 bits per heavy atom. The van der Waals surface area contributed by atoms with Crippen LogP contribution in [0.4, 0.5) is 4.39 Å². The number of hydrogen-bond donors (Lipinski definition) is 0. The Morgan fingerprint density at radius 2 is 1.82 bits per heavy atom. The van der Waals surface area contributed by atoms with E-state index >= 15 is 0 Å². The van der Waals surface area contributed by atoms with Gasteiger partial charge in [0.2, 0.25) is 0 Å². The second-order valence-corrected chi connectivity index (χ2v) is 10.0. The van der Waals surface area contributed by atoms with Crippen molar-refractivity contribution in [2.24, 2.45) is 4.99 Å². The van der Waals surface area contributed by atoms with E-state index in [1.165, 1.54) is 28.0 Å². The number of carbonyl (C=O) groups is 1. The van der Waals surface area contributed by atoms with Crippen molar-refractivity contribution in [3.05, 3.63) is 126 Å². The lowest BCUT2D eigenvalue weighted by atomic mass is 9.96. The van der Waals surface area contributed by atoms with Gasteiger partial charge in [-0.05, 0) is 49.2 Å². The average Bonchev–Trinajstić information content (AvgIpc) is 3.26. The molecule has 0 bridgehead atoms. The number of fused-ring (bicyclic) bond motifs is 1. The third kappa shape index (κ3) is 5.33.